The van der Waals surface area contributed by atoms with E-state index < -0.39 is 0 Å². The fourth-order valence-electron chi connectivity index (χ4n) is 2.13. The SMILES string of the molecule is Cc1ccc2cc(C(CO)NCC(C)C)ccc2n1. The fourth-order valence-corrected chi connectivity index (χ4v) is 2.13. The van der Waals surface area contributed by atoms with Crippen LogP contribution in [0.5, 0.6) is 0 Å². The summed E-state index contributed by atoms with van der Waals surface area (Å²) in [6.45, 7) is 7.32. The van der Waals surface area contributed by atoms with Crippen LogP contribution in [0.3, 0.4) is 0 Å². The van der Waals surface area contributed by atoms with E-state index in [1.54, 1.807) is 0 Å². The number of aliphatic hydroxyl groups excluding tert-OH is 1. The van der Waals surface area contributed by atoms with Gasteiger partial charge < -0.3 is 10.4 Å². The highest BCUT2D eigenvalue weighted by atomic mass is 16.3. The third kappa shape index (κ3) is 3.52. The number of benzene rings is 1. The van der Waals surface area contributed by atoms with E-state index in [1.165, 1.54) is 0 Å². The fraction of sp³-hybridized carbons (Fsp3) is 0.438. The van der Waals surface area contributed by atoms with Gasteiger partial charge >= 0.3 is 0 Å². The quantitative estimate of drug-likeness (QED) is 0.867. The maximum absolute atomic E-state index is 9.53. The first-order chi connectivity index (χ1) is 9.10. The van der Waals surface area contributed by atoms with Crippen LogP contribution >= 0.6 is 0 Å². The van der Waals surface area contributed by atoms with Gasteiger partial charge in [-0.1, -0.05) is 26.0 Å². The van der Waals surface area contributed by atoms with Crippen molar-refractivity contribution in [3.05, 3.63) is 41.6 Å². The monoisotopic (exact) mass is 258 g/mol. The molecule has 1 unspecified atom stereocenters. The van der Waals surface area contributed by atoms with Crippen LogP contribution in [-0.4, -0.2) is 23.2 Å². The second-order valence-electron chi connectivity index (χ2n) is 5.44. The number of hydrogen-bond acceptors (Lipinski definition) is 3. The molecule has 0 aliphatic carbocycles. The number of nitrogens with zero attached hydrogens (tertiary/aromatic N) is 1. The van der Waals surface area contributed by atoms with Crippen molar-refractivity contribution in [3.8, 4) is 0 Å². The molecule has 2 N–H and O–H groups in total. The molecule has 0 amide bonds. The Kier molecular flexibility index (Phi) is 4.51. The van der Waals surface area contributed by atoms with E-state index in [0.29, 0.717) is 5.92 Å². The van der Waals surface area contributed by atoms with Gasteiger partial charge in [0.1, 0.15) is 0 Å². The molecule has 2 aromatic rings. The molecule has 1 aromatic carbocycles. The average molecular weight is 258 g/mol. The predicted octanol–water partition coefficient (Wildman–Crippen LogP) is 2.82. The average Bonchev–Trinajstić information content (AvgIpc) is 2.39. The largest absolute Gasteiger partial charge is 0.394 e. The van der Waals surface area contributed by atoms with Gasteiger partial charge in [0.05, 0.1) is 18.2 Å². The van der Waals surface area contributed by atoms with E-state index in [1.807, 2.05) is 25.1 Å². The van der Waals surface area contributed by atoms with Gasteiger partial charge in [-0.2, -0.15) is 0 Å². The zero-order chi connectivity index (χ0) is 13.8. The van der Waals surface area contributed by atoms with E-state index >= 15 is 0 Å². The summed E-state index contributed by atoms with van der Waals surface area (Å²) < 4.78 is 0. The van der Waals surface area contributed by atoms with Crippen molar-refractivity contribution in [3.63, 3.8) is 0 Å². The van der Waals surface area contributed by atoms with Crippen LogP contribution in [0, 0.1) is 12.8 Å². The number of hydrogen-bond donors (Lipinski definition) is 2. The second kappa shape index (κ2) is 6.13. The zero-order valence-electron chi connectivity index (χ0n) is 11.9. The van der Waals surface area contributed by atoms with Gasteiger partial charge in [-0.05, 0) is 43.1 Å². The van der Waals surface area contributed by atoms with Gasteiger partial charge in [0, 0.05) is 11.1 Å². The Morgan fingerprint density at radius 1 is 1.21 bits per heavy atom. The molecular formula is C16H22N2O. The molecule has 1 aromatic heterocycles. The first-order valence-electron chi connectivity index (χ1n) is 6.81. The number of aryl methyl sites for hydroxylation is 1. The number of aliphatic hydroxyl groups is 1. The zero-order valence-corrected chi connectivity index (χ0v) is 11.9. The van der Waals surface area contributed by atoms with Gasteiger partial charge in [0.15, 0.2) is 0 Å². The topological polar surface area (TPSA) is 45.1 Å². The van der Waals surface area contributed by atoms with Crippen LogP contribution in [0.1, 0.15) is 31.1 Å². The van der Waals surface area contributed by atoms with E-state index in [0.717, 1.165) is 28.7 Å². The molecule has 0 fully saturated rings. The predicted molar refractivity (Wildman–Crippen MR) is 79.1 cm³/mol. The Bertz CT molecular complexity index is 551. The molecule has 0 saturated heterocycles. The van der Waals surface area contributed by atoms with Crippen LogP contribution in [-0.2, 0) is 0 Å². The van der Waals surface area contributed by atoms with Crippen molar-refractivity contribution in [1.82, 2.24) is 10.3 Å². The van der Waals surface area contributed by atoms with Crippen molar-refractivity contribution >= 4 is 10.9 Å². The highest BCUT2D eigenvalue weighted by Crippen LogP contribution is 2.19. The van der Waals surface area contributed by atoms with E-state index in [9.17, 15) is 5.11 Å². The molecule has 0 saturated carbocycles. The lowest BCUT2D eigenvalue weighted by atomic mass is 10.0. The summed E-state index contributed by atoms with van der Waals surface area (Å²) >= 11 is 0. The molecule has 3 nitrogen and oxygen atoms in total. The third-order valence-corrected chi connectivity index (χ3v) is 3.21. The summed E-state index contributed by atoms with van der Waals surface area (Å²) in [6.07, 6.45) is 0. The maximum Gasteiger partial charge on any atom is 0.0705 e. The van der Waals surface area contributed by atoms with Gasteiger partial charge in [-0.25, -0.2) is 0 Å². The number of fused-ring (bicyclic) bond motifs is 1. The first kappa shape index (κ1) is 14.0. The summed E-state index contributed by atoms with van der Waals surface area (Å²) in [7, 11) is 0. The van der Waals surface area contributed by atoms with E-state index in [4.69, 9.17) is 0 Å². The summed E-state index contributed by atoms with van der Waals surface area (Å²) in [5.41, 5.74) is 3.14. The maximum atomic E-state index is 9.53. The van der Waals surface area contributed by atoms with Crippen molar-refractivity contribution in [2.75, 3.05) is 13.2 Å². The molecule has 19 heavy (non-hydrogen) atoms. The third-order valence-electron chi connectivity index (χ3n) is 3.21. The number of aromatic nitrogens is 1. The summed E-state index contributed by atoms with van der Waals surface area (Å²) in [4.78, 5) is 4.49. The van der Waals surface area contributed by atoms with Crippen molar-refractivity contribution in [1.29, 1.82) is 0 Å². The van der Waals surface area contributed by atoms with Gasteiger partial charge in [-0.15, -0.1) is 0 Å². The Balaban J connectivity index is 2.25. The van der Waals surface area contributed by atoms with Crippen LogP contribution < -0.4 is 5.32 Å². The molecule has 0 spiro atoms. The lowest BCUT2D eigenvalue weighted by molar-refractivity contribution is 0.241. The smallest absolute Gasteiger partial charge is 0.0705 e. The van der Waals surface area contributed by atoms with Crippen molar-refractivity contribution in [2.45, 2.75) is 26.8 Å². The van der Waals surface area contributed by atoms with Crippen LogP contribution in [0.15, 0.2) is 30.3 Å². The molecule has 3 heteroatoms. The van der Waals surface area contributed by atoms with E-state index in [2.05, 4.69) is 36.3 Å². The minimum atomic E-state index is -0.00639. The van der Waals surface area contributed by atoms with E-state index in [-0.39, 0.29) is 12.6 Å². The Labute approximate surface area is 114 Å². The lowest BCUT2D eigenvalue weighted by Crippen LogP contribution is -2.27. The standard InChI is InChI=1S/C16H22N2O/c1-11(2)9-17-16(10-19)14-6-7-15-13(8-14)5-4-12(3)18-15/h4-8,11,16-17,19H,9-10H2,1-3H3. The lowest BCUT2D eigenvalue weighted by Gasteiger charge is -2.18. The van der Waals surface area contributed by atoms with Crippen molar-refractivity contribution in [2.24, 2.45) is 5.92 Å². The van der Waals surface area contributed by atoms with Crippen LogP contribution in [0.25, 0.3) is 10.9 Å². The molecule has 102 valence electrons. The Morgan fingerprint density at radius 3 is 2.68 bits per heavy atom. The molecule has 0 radical (unpaired) electrons. The molecule has 2 rings (SSSR count). The van der Waals surface area contributed by atoms with Crippen molar-refractivity contribution < 1.29 is 5.11 Å². The molecular weight excluding hydrogens is 236 g/mol. The molecule has 0 aliphatic rings. The highest BCUT2D eigenvalue weighted by Gasteiger charge is 2.11. The summed E-state index contributed by atoms with van der Waals surface area (Å²) in [6, 6.07) is 10.3. The number of rotatable bonds is 5. The van der Waals surface area contributed by atoms with Gasteiger partial charge in [0.2, 0.25) is 0 Å². The summed E-state index contributed by atoms with van der Waals surface area (Å²) in [5, 5.41) is 14.0. The summed E-state index contributed by atoms with van der Waals surface area (Å²) in [5.74, 6) is 0.568. The van der Waals surface area contributed by atoms with Crippen LogP contribution in [0.2, 0.25) is 0 Å². The molecule has 0 aliphatic heterocycles. The van der Waals surface area contributed by atoms with Gasteiger partial charge in [-0.3, -0.25) is 4.98 Å². The Morgan fingerprint density at radius 2 is 2.00 bits per heavy atom. The number of nitrogens with one attached hydrogen (secondary N) is 1. The van der Waals surface area contributed by atoms with Crippen LogP contribution in [0.4, 0.5) is 0 Å². The highest BCUT2D eigenvalue weighted by molar-refractivity contribution is 5.79. The molecule has 1 heterocycles. The Hall–Kier alpha value is -1.45. The minimum Gasteiger partial charge on any atom is -0.394 e. The molecule has 1 atom stereocenters. The minimum absolute atomic E-state index is 0.00639. The second-order valence-corrected chi connectivity index (χ2v) is 5.44. The first-order valence-corrected chi connectivity index (χ1v) is 6.81. The van der Waals surface area contributed by atoms with Gasteiger partial charge in [0.25, 0.3) is 0 Å². The molecule has 0 bridgehead atoms. The number of pyridine rings is 1. The normalized spacial score (nSPS) is 13.1.